The standard InChI is InChI=1S/C13H23N3O2/c1-14-12-6-5-7-13(16-12)15-8-3-4-9-18-11-10-17-2/h5-7H,3-4,8-11H2,1-2H3,(H2,14,15,16). The molecule has 0 fully saturated rings. The van der Waals surface area contributed by atoms with Gasteiger partial charge >= 0.3 is 0 Å². The molecule has 1 heterocycles. The lowest BCUT2D eigenvalue weighted by molar-refractivity contribution is 0.0691. The van der Waals surface area contributed by atoms with Gasteiger partial charge in [-0.1, -0.05) is 6.07 Å². The van der Waals surface area contributed by atoms with Crippen LogP contribution in [-0.4, -0.2) is 45.5 Å². The molecular formula is C13H23N3O2. The van der Waals surface area contributed by atoms with Gasteiger partial charge in [0.25, 0.3) is 0 Å². The first-order valence-electron chi connectivity index (χ1n) is 6.32. The predicted molar refractivity (Wildman–Crippen MR) is 74.2 cm³/mol. The van der Waals surface area contributed by atoms with E-state index >= 15 is 0 Å². The van der Waals surface area contributed by atoms with Gasteiger partial charge in [0.1, 0.15) is 11.6 Å². The quantitative estimate of drug-likeness (QED) is 0.624. The Morgan fingerprint density at radius 2 is 1.94 bits per heavy atom. The molecular weight excluding hydrogens is 230 g/mol. The van der Waals surface area contributed by atoms with E-state index in [1.807, 2.05) is 25.2 Å². The van der Waals surface area contributed by atoms with Crippen LogP contribution in [-0.2, 0) is 9.47 Å². The van der Waals surface area contributed by atoms with E-state index in [4.69, 9.17) is 9.47 Å². The average Bonchev–Trinajstić information content (AvgIpc) is 2.42. The van der Waals surface area contributed by atoms with Crippen molar-refractivity contribution >= 4 is 11.6 Å². The minimum absolute atomic E-state index is 0.666. The molecule has 102 valence electrons. The molecule has 0 aromatic carbocycles. The third-order valence-electron chi connectivity index (χ3n) is 2.46. The van der Waals surface area contributed by atoms with Crippen LogP contribution in [0.15, 0.2) is 18.2 Å². The van der Waals surface area contributed by atoms with Crippen LogP contribution in [0.1, 0.15) is 12.8 Å². The minimum Gasteiger partial charge on any atom is -0.382 e. The fraction of sp³-hybridized carbons (Fsp3) is 0.615. The zero-order chi connectivity index (χ0) is 13.1. The molecule has 0 atom stereocenters. The Balaban J connectivity index is 2.03. The van der Waals surface area contributed by atoms with Gasteiger partial charge in [-0.2, -0.15) is 0 Å². The molecule has 5 nitrogen and oxygen atoms in total. The summed E-state index contributed by atoms with van der Waals surface area (Å²) in [5.41, 5.74) is 0. The number of anilines is 2. The van der Waals surface area contributed by atoms with Crippen LogP contribution in [0.25, 0.3) is 0 Å². The number of pyridine rings is 1. The number of methoxy groups -OCH3 is 1. The second kappa shape index (κ2) is 9.67. The molecule has 0 spiro atoms. The van der Waals surface area contributed by atoms with Crippen LogP contribution in [0.2, 0.25) is 0 Å². The van der Waals surface area contributed by atoms with Gasteiger partial charge in [-0.05, 0) is 25.0 Å². The summed E-state index contributed by atoms with van der Waals surface area (Å²) in [4.78, 5) is 4.38. The molecule has 0 aliphatic carbocycles. The minimum atomic E-state index is 0.666. The molecule has 0 saturated carbocycles. The Hall–Kier alpha value is -1.33. The lowest BCUT2D eigenvalue weighted by atomic mass is 10.3. The SMILES string of the molecule is CNc1cccc(NCCCCOCCOC)n1. The van der Waals surface area contributed by atoms with Gasteiger partial charge in [-0.25, -0.2) is 4.98 Å². The van der Waals surface area contributed by atoms with Crippen molar-refractivity contribution in [3.05, 3.63) is 18.2 Å². The number of nitrogens with zero attached hydrogens (tertiary/aromatic N) is 1. The maximum atomic E-state index is 5.38. The van der Waals surface area contributed by atoms with Gasteiger partial charge in [0.05, 0.1) is 13.2 Å². The lowest BCUT2D eigenvalue weighted by Gasteiger charge is -2.07. The van der Waals surface area contributed by atoms with Crippen molar-refractivity contribution in [1.82, 2.24) is 4.98 Å². The number of hydrogen-bond donors (Lipinski definition) is 2. The lowest BCUT2D eigenvalue weighted by Crippen LogP contribution is -2.07. The summed E-state index contributed by atoms with van der Waals surface area (Å²) in [6.07, 6.45) is 2.11. The monoisotopic (exact) mass is 253 g/mol. The third-order valence-corrected chi connectivity index (χ3v) is 2.46. The first-order chi connectivity index (χ1) is 8.86. The van der Waals surface area contributed by atoms with Gasteiger partial charge < -0.3 is 20.1 Å². The van der Waals surface area contributed by atoms with E-state index in [1.165, 1.54) is 0 Å². The maximum Gasteiger partial charge on any atom is 0.128 e. The number of rotatable bonds is 10. The Bertz CT molecular complexity index is 321. The zero-order valence-corrected chi connectivity index (χ0v) is 11.2. The molecule has 0 radical (unpaired) electrons. The van der Waals surface area contributed by atoms with Gasteiger partial charge in [-0.15, -0.1) is 0 Å². The second-order valence-electron chi connectivity index (χ2n) is 3.90. The van der Waals surface area contributed by atoms with E-state index in [1.54, 1.807) is 7.11 Å². The number of hydrogen-bond acceptors (Lipinski definition) is 5. The maximum absolute atomic E-state index is 5.38. The molecule has 1 aromatic rings. The fourth-order valence-electron chi connectivity index (χ4n) is 1.46. The molecule has 18 heavy (non-hydrogen) atoms. The molecule has 0 unspecified atom stereocenters. The summed E-state index contributed by atoms with van der Waals surface area (Å²) < 4.78 is 10.3. The number of ether oxygens (including phenoxy) is 2. The molecule has 0 amide bonds. The van der Waals surface area contributed by atoms with Crippen LogP contribution >= 0.6 is 0 Å². The molecule has 0 bridgehead atoms. The normalized spacial score (nSPS) is 10.3. The number of aromatic nitrogens is 1. The van der Waals surface area contributed by atoms with E-state index in [2.05, 4.69) is 15.6 Å². The fourth-order valence-corrected chi connectivity index (χ4v) is 1.46. The highest BCUT2D eigenvalue weighted by Gasteiger charge is 1.95. The summed E-state index contributed by atoms with van der Waals surface area (Å²) in [5.74, 6) is 1.78. The first kappa shape index (κ1) is 14.7. The van der Waals surface area contributed by atoms with Gasteiger partial charge in [0, 0.05) is 27.3 Å². The van der Waals surface area contributed by atoms with Crippen LogP contribution in [0, 0.1) is 0 Å². The summed E-state index contributed by atoms with van der Waals surface area (Å²) in [7, 11) is 3.54. The molecule has 0 saturated heterocycles. The third kappa shape index (κ3) is 6.42. The summed E-state index contributed by atoms with van der Waals surface area (Å²) in [6, 6.07) is 5.89. The van der Waals surface area contributed by atoms with Gasteiger partial charge in [-0.3, -0.25) is 0 Å². The van der Waals surface area contributed by atoms with Gasteiger partial charge in [0.2, 0.25) is 0 Å². The average molecular weight is 253 g/mol. The van der Waals surface area contributed by atoms with E-state index in [0.29, 0.717) is 13.2 Å². The summed E-state index contributed by atoms with van der Waals surface area (Å²) in [5, 5.41) is 6.30. The highest BCUT2D eigenvalue weighted by Crippen LogP contribution is 2.08. The number of nitrogens with one attached hydrogen (secondary N) is 2. The second-order valence-corrected chi connectivity index (χ2v) is 3.90. The molecule has 0 aliphatic rings. The van der Waals surface area contributed by atoms with Crippen molar-refractivity contribution in [2.75, 3.05) is 51.2 Å². The van der Waals surface area contributed by atoms with Crippen molar-refractivity contribution in [3.8, 4) is 0 Å². The van der Waals surface area contributed by atoms with Crippen molar-refractivity contribution in [2.45, 2.75) is 12.8 Å². The van der Waals surface area contributed by atoms with E-state index in [0.717, 1.165) is 37.6 Å². The highest BCUT2D eigenvalue weighted by atomic mass is 16.5. The van der Waals surface area contributed by atoms with Crippen LogP contribution < -0.4 is 10.6 Å². The Kier molecular flexibility index (Phi) is 7.92. The van der Waals surface area contributed by atoms with E-state index in [9.17, 15) is 0 Å². The van der Waals surface area contributed by atoms with Crippen molar-refractivity contribution in [3.63, 3.8) is 0 Å². The smallest absolute Gasteiger partial charge is 0.128 e. The Morgan fingerprint density at radius 1 is 1.11 bits per heavy atom. The molecule has 2 N–H and O–H groups in total. The van der Waals surface area contributed by atoms with Crippen molar-refractivity contribution in [1.29, 1.82) is 0 Å². The van der Waals surface area contributed by atoms with Crippen LogP contribution in [0.3, 0.4) is 0 Å². The first-order valence-corrected chi connectivity index (χ1v) is 6.32. The van der Waals surface area contributed by atoms with E-state index in [-0.39, 0.29) is 0 Å². The Labute approximate surface area is 109 Å². The van der Waals surface area contributed by atoms with Crippen LogP contribution in [0.5, 0.6) is 0 Å². The summed E-state index contributed by atoms with van der Waals surface area (Å²) in [6.45, 7) is 3.04. The van der Waals surface area contributed by atoms with Crippen LogP contribution in [0.4, 0.5) is 11.6 Å². The Morgan fingerprint density at radius 3 is 2.72 bits per heavy atom. The topological polar surface area (TPSA) is 55.4 Å². The predicted octanol–water partition coefficient (Wildman–Crippen LogP) is 1.98. The largest absolute Gasteiger partial charge is 0.382 e. The van der Waals surface area contributed by atoms with Crippen molar-refractivity contribution < 1.29 is 9.47 Å². The molecule has 1 aromatic heterocycles. The van der Waals surface area contributed by atoms with Gasteiger partial charge in [0.15, 0.2) is 0 Å². The summed E-state index contributed by atoms with van der Waals surface area (Å²) >= 11 is 0. The molecule has 1 rings (SSSR count). The van der Waals surface area contributed by atoms with Crippen molar-refractivity contribution in [2.24, 2.45) is 0 Å². The number of unbranched alkanes of at least 4 members (excludes halogenated alkanes) is 1. The zero-order valence-electron chi connectivity index (χ0n) is 11.2. The highest BCUT2D eigenvalue weighted by molar-refractivity contribution is 5.44. The molecule has 0 aliphatic heterocycles. The molecule has 5 heteroatoms. The van der Waals surface area contributed by atoms with E-state index < -0.39 is 0 Å².